The predicted molar refractivity (Wildman–Crippen MR) is 135 cm³/mol. The number of ether oxygens (including phenoxy) is 2. The zero-order valence-electron chi connectivity index (χ0n) is 20.4. The van der Waals surface area contributed by atoms with E-state index in [0.29, 0.717) is 35.6 Å². The lowest BCUT2D eigenvalue weighted by molar-refractivity contribution is -0.127. The number of methoxy groups -OCH3 is 1. The summed E-state index contributed by atoms with van der Waals surface area (Å²) in [6.45, 7) is 0. The quantitative estimate of drug-likeness (QED) is 0.379. The third-order valence-corrected chi connectivity index (χ3v) is 7.38. The SMILES string of the molecule is COC(=O)c1ccc(-c2cc3cc(Oc4ccc(S(C)(=O)=O)nc4)c(C4CCC(=O)N4C)cc3[nH]2)nc1. The Morgan fingerprint density at radius 2 is 1.92 bits per heavy atom. The summed E-state index contributed by atoms with van der Waals surface area (Å²) in [6.07, 6.45) is 5.00. The van der Waals surface area contributed by atoms with Crippen molar-refractivity contribution in [2.45, 2.75) is 23.9 Å². The Bertz CT molecular complexity index is 1610. The van der Waals surface area contributed by atoms with Gasteiger partial charge >= 0.3 is 5.97 Å². The van der Waals surface area contributed by atoms with Gasteiger partial charge in [-0.05, 0) is 48.9 Å². The zero-order chi connectivity index (χ0) is 26.3. The van der Waals surface area contributed by atoms with E-state index in [-0.39, 0.29) is 17.0 Å². The Labute approximate surface area is 213 Å². The highest BCUT2D eigenvalue weighted by atomic mass is 32.2. The van der Waals surface area contributed by atoms with Crippen LogP contribution in [0.15, 0.2) is 59.9 Å². The summed E-state index contributed by atoms with van der Waals surface area (Å²) in [5.74, 6) is 0.497. The molecule has 1 fully saturated rings. The standard InChI is InChI=1S/C26H24N4O6S/c1-30-22(7-9-25(30)31)18-12-20-16(10-21(29-20)19-6-4-15(13-27-19)26(32)35-2)11-23(18)36-17-5-8-24(28-14-17)37(3,33)34/h4-6,8,10-14,22,29H,7,9H2,1-3H3. The number of carbonyl (C=O) groups is 2. The second-order valence-corrected chi connectivity index (χ2v) is 10.8. The number of sulfone groups is 1. The molecule has 1 unspecified atom stereocenters. The van der Waals surface area contributed by atoms with E-state index in [0.717, 1.165) is 28.4 Å². The van der Waals surface area contributed by atoms with Gasteiger partial charge in [-0.3, -0.25) is 9.78 Å². The van der Waals surface area contributed by atoms with Crippen LogP contribution in [0, 0.1) is 0 Å². The van der Waals surface area contributed by atoms with Crippen LogP contribution in [-0.2, 0) is 19.4 Å². The summed E-state index contributed by atoms with van der Waals surface area (Å²) in [5, 5.41) is 0.804. The lowest BCUT2D eigenvalue weighted by Crippen LogP contribution is -2.22. The molecule has 4 aromatic rings. The molecule has 1 atom stereocenters. The van der Waals surface area contributed by atoms with E-state index in [1.54, 1.807) is 30.1 Å². The third-order valence-electron chi connectivity index (χ3n) is 6.38. The van der Waals surface area contributed by atoms with Crippen molar-refractivity contribution in [3.63, 3.8) is 0 Å². The zero-order valence-corrected chi connectivity index (χ0v) is 21.2. The maximum atomic E-state index is 12.3. The molecular weight excluding hydrogens is 496 g/mol. The first-order valence-electron chi connectivity index (χ1n) is 11.4. The van der Waals surface area contributed by atoms with Gasteiger partial charge in [0.1, 0.15) is 11.5 Å². The van der Waals surface area contributed by atoms with Crippen molar-refractivity contribution in [1.82, 2.24) is 19.9 Å². The molecule has 11 heteroatoms. The molecule has 1 aliphatic rings. The molecular formula is C26H24N4O6S. The average Bonchev–Trinajstić information content (AvgIpc) is 3.45. The van der Waals surface area contributed by atoms with Crippen molar-refractivity contribution < 1.29 is 27.5 Å². The lowest BCUT2D eigenvalue weighted by Gasteiger charge is -2.23. The van der Waals surface area contributed by atoms with Crippen LogP contribution in [0.5, 0.6) is 11.5 Å². The summed E-state index contributed by atoms with van der Waals surface area (Å²) in [6, 6.07) is 11.9. The van der Waals surface area contributed by atoms with Crippen molar-refractivity contribution in [3.8, 4) is 22.9 Å². The first-order valence-corrected chi connectivity index (χ1v) is 13.3. The highest BCUT2D eigenvalue weighted by Crippen LogP contribution is 2.41. The fourth-order valence-corrected chi connectivity index (χ4v) is 4.96. The van der Waals surface area contributed by atoms with Crippen LogP contribution in [-0.4, -0.2) is 60.6 Å². The normalized spacial score (nSPS) is 15.8. The van der Waals surface area contributed by atoms with Gasteiger partial charge in [0.2, 0.25) is 5.91 Å². The molecule has 1 saturated heterocycles. The van der Waals surface area contributed by atoms with Crippen molar-refractivity contribution >= 4 is 32.6 Å². The number of amides is 1. The first-order chi connectivity index (χ1) is 17.6. The lowest BCUT2D eigenvalue weighted by atomic mass is 10.0. The summed E-state index contributed by atoms with van der Waals surface area (Å²) in [7, 11) is -0.352. The number of nitrogens with one attached hydrogen (secondary N) is 1. The van der Waals surface area contributed by atoms with E-state index < -0.39 is 15.8 Å². The summed E-state index contributed by atoms with van der Waals surface area (Å²) >= 11 is 0. The van der Waals surface area contributed by atoms with Crippen LogP contribution < -0.4 is 4.74 Å². The van der Waals surface area contributed by atoms with Gasteiger partial charge in [0, 0.05) is 42.4 Å². The Morgan fingerprint density at radius 1 is 1.11 bits per heavy atom. The number of hydrogen-bond donors (Lipinski definition) is 1. The largest absolute Gasteiger partial charge is 0.465 e. The van der Waals surface area contributed by atoms with Crippen LogP contribution in [0.1, 0.15) is 34.8 Å². The minimum Gasteiger partial charge on any atom is -0.465 e. The number of hydrogen-bond acceptors (Lipinski definition) is 8. The molecule has 37 heavy (non-hydrogen) atoms. The van der Waals surface area contributed by atoms with Gasteiger partial charge < -0.3 is 19.4 Å². The molecule has 190 valence electrons. The number of rotatable bonds is 6. The monoisotopic (exact) mass is 520 g/mol. The van der Waals surface area contributed by atoms with Gasteiger partial charge in [-0.2, -0.15) is 0 Å². The molecule has 0 radical (unpaired) electrons. The highest BCUT2D eigenvalue weighted by Gasteiger charge is 2.31. The van der Waals surface area contributed by atoms with Crippen molar-refractivity contribution in [1.29, 1.82) is 0 Å². The van der Waals surface area contributed by atoms with E-state index in [1.807, 2.05) is 18.2 Å². The Morgan fingerprint density at radius 3 is 2.51 bits per heavy atom. The molecule has 1 aromatic carbocycles. The molecule has 10 nitrogen and oxygen atoms in total. The molecule has 1 aliphatic heterocycles. The minimum atomic E-state index is -3.44. The maximum absolute atomic E-state index is 12.3. The number of likely N-dealkylation sites (tertiary alicyclic amines) is 1. The number of aromatic amines is 1. The molecule has 0 bridgehead atoms. The molecule has 0 saturated carbocycles. The van der Waals surface area contributed by atoms with E-state index >= 15 is 0 Å². The van der Waals surface area contributed by atoms with E-state index in [2.05, 4.69) is 15.0 Å². The smallest absolute Gasteiger partial charge is 0.339 e. The highest BCUT2D eigenvalue weighted by molar-refractivity contribution is 7.90. The van der Waals surface area contributed by atoms with Crippen LogP contribution in [0.25, 0.3) is 22.3 Å². The number of fused-ring (bicyclic) bond motifs is 1. The summed E-state index contributed by atoms with van der Waals surface area (Å²) in [4.78, 5) is 37.5. The molecule has 5 rings (SSSR count). The first kappa shape index (κ1) is 24.4. The molecule has 0 spiro atoms. The van der Waals surface area contributed by atoms with Gasteiger partial charge in [0.05, 0.1) is 36.3 Å². The maximum Gasteiger partial charge on any atom is 0.339 e. The molecule has 1 amide bonds. The summed E-state index contributed by atoms with van der Waals surface area (Å²) in [5.41, 5.74) is 3.38. The minimum absolute atomic E-state index is 0.0438. The van der Waals surface area contributed by atoms with Crippen LogP contribution in [0.4, 0.5) is 0 Å². The van der Waals surface area contributed by atoms with Crippen LogP contribution >= 0.6 is 0 Å². The van der Waals surface area contributed by atoms with Gasteiger partial charge in [0.15, 0.2) is 14.9 Å². The average molecular weight is 521 g/mol. The second kappa shape index (κ2) is 9.32. The molecule has 3 aromatic heterocycles. The molecule has 4 heterocycles. The van der Waals surface area contributed by atoms with Gasteiger partial charge in [-0.25, -0.2) is 18.2 Å². The Hall–Kier alpha value is -4.25. The number of nitrogens with zero attached hydrogens (tertiary/aromatic N) is 3. The topological polar surface area (TPSA) is 132 Å². The number of aromatic nitrogens is 3. The Balaban J connectivity index is 1.55. The number of H-pyrrole nitrogens is 1. The molecule has 1 N–H and O–H groups in total. The van der Waals surface area contributed by atoms with Gasteiger partial charge in [-0.1, -0.05) is 0 Å². The van der Waals surface area contributed by atoms with E-state index in [9.17, 15) is 18.0 Å². The number of esters is 1. The van der Waals surface area contributed by atoms with Gasteiger partial charge in [0.25, 0.3) is 0 Å². The van der Waals surface area contributed by atoms with Crippen molar-refractivity contribution in [2.75, 3.05) is 20.4 Å². The summed E-state index contributed by atoms with van der Waals surface area (Å²) < 4.78 is 34.4. The van der Waals surface area contributed by atoms with Crippen molar-refractivity contribution in [3.05, 3.63) is 66.0 Å². The van der Waals surface area contributed by atoms with Gasteiger partial charge in [-0.15, -0.1) is 0 Å². The fraction of sp³-hybridized carbons (Fsp3) is 0.231. The second-order valence-electron chi connectivity index (χ2n) is 8.85. The van der Waals surface area contributed by atoms with E-state index in [1.165, 1.54) is 25.6 Å². The Kier molecular flexibility index (Phi) is 6.16. The number of carbonyl (C=O) groups excluding carboxylic acids is 2. The third kappa shape index (κ3) is 4.77. The predicted octanol–water partition coefficient (Wildman–Crippen LogP) is 3.90. The number of pyridine rings is 2. The molecule has 0 aliphatic carbocycles. The van der Waals surface area contributed by atoms with E-state index in [4.69, 9.17) is 9.47 Å². The van der Waals surface area contributed by atoms with Crippen LogP contribution in [0.2, 0.25) is 0 Å². The van der Waals surface area contributed by atoms with Crippen molar-refractivity contribution in [2.24, 2.45) is 0 Å². The van der Waals surface area contributed by atoms with Crippen LogP contribution in [0.3, 0.4) is 0 Å². The number of benzene rings is 1. The fourth-order valence-electron chi connectivity index (χ4n) is 4.40.